The number of hydrogen-bond donors (Lipinski definition) is 2. The van der Waals surface area contributed by atoms with Crippen molar-refractivity contribution in [3.8, 4) is 0 Å². The van der Waals surface area contributed by atoms with Crippen molar-refractivity contribution in [1.29, 1.82) is 0 Å². The third-order valence-electron chi connectivity index (χ3n) is 2.73. The van der Waals surface area contributed by atoms with Crippen LogP contribution in [-0.4, -0.2) is 17.0 Å². The molecule has 7 heteroatoms. The molecule has 0 aliphatic carbocycles. The second kappa shape index (κ2) is 5.55. The quantitative estimate of drug-likeness (QED) is 0.690. The summed E-state index contributed by atoms with van der Waals surface area (Å²) in [4.78, 5) is 9.80. The molecule has 4 nitrogen and oxygen atoms in total. The van der Waals surface area contributed by atoms with Gasteiger partial charge in [-0.25, -0.2) is 4.98 Å². The standard InChI is InChI=1S/C13H10BrClN4S/c1-16-13-18-11(8-4-5-20-12(8)19-13)17-10-6-7(14)2-3-9(10)15/h2-6H,1H3,(H2,16,17,18,19). The van der Waals surface area contributed by atoms with Crippen molar-refractivity contribution in [3.05, 3.63) is 39.1 Å². The molecule has 0 fully saturated rings. The number of nitrogens with one attached hydrogen (secondary N) is 2. The number of hydrogen-bond acceptors (Lipinski definition) is 5. The molecule has 2 N–H and O–H groups in total. The van der Waals surface area contributed by atoms with Gasteiger partial charge in [-0.3, -0.25) is 0 Å². The van der Waals surface area contributed by atoms with E-state index in [1.807, 2.05) is 29.6 Å². The van der Waals surface area contributed by atoms with Gasteiger partial charge in [-0.2, -0.15) is 4.98 Å². The minimum Gasteiger partial charge on any atom is -0.357 e. The van der Waals surface area contributed by atoms with Crippen molar-refractivity contribution in [2.24, 2.45) is 0 Å². The lowest BCUT2D eigenvalue weighted by Crippen LogP contribution is -2.01. The molecule has 0 amide bonds. The summed E-state index contributed by atoms with van der Waals surface area (Å²) in [5.41, 5.74) is 0.800. The molecular weight excluding hydrogens is 360 g/mol. The molecule has 0 unspecified atom stereocenters. The van der Waals surface area contributed by atoms with Gasteiger partial charge in [-0.15, -0.1) is 11.3 Å². The van der Waals surface area contributed by atoms with Crippen LogP contribution in [0.1, 0.15) is 0 Å². The van der Waals surface area contributed by atoms with Crippen molar-refractivity contribution in [2.75, 3.05) is 17.7 Å². The summed E-state index contributed by atoms with van der Waals surface area (Å²) in [5.74, 6) is 1.31. The zero-order chi connectivity index (χ0) is 14.1. The summed E-state index contributed by atoms with van der Waals surface area (Å²) < 4.78 is 0.953. The van der Waals surface area contributed by atoms with E-state index in [9.17, 15) is 0 Å². The number of fused-ring (bicyclic) bond motifs is 1. The number of nitrogens with zero attached hydrogens (tertiary/aromatic N) is 2. The van der Waals surface area contributed by atoms with E-state index in [0.717, 1.165) is 26.2 Å². The highest BCUT2D eigenvalue weighted by Gasteiger charge is 2.10. The molecule has 2 heterocycles. The molecule has 20 heavy (non-hydrogen) atoms. The molecule has 0 saturated heterocycles. The van der Waals surface area contributed by atoms with Crippen molar-refractivity contribution in [1.82, 2.24) is 9.97 Å². The van der Waals surface area contributed by atoms with Crippen LogP contribution in [0.2, 0.25) is 5.02 Å². The fourth-order valence-electron chi connectivity index (χ4n) is 1.78. The molecule has 3 rings (SSSR count). The molecule has 0 spiro atoms. The van der Waals surface area contributed by atoms with Gasteiger partial charge < -0.3 is 10.6 Å². The summed E-state index contributed by atoms with van der Waals surface area (Å²) in [6.07, 6.45) is 0. The van der Waals surface area contributed by atoms with Crippen molar-refractivity contribution in [3.63, 3.8) is 0 Å². The molecular formula is C13H10BrClN4S. The number of aromatic nitrogens is 2. The van der Waals surface area contributed by atoms with Gasteiger partial charge in [0, 0.05) is 11.5 Å². The van der Waals surface area contributed by atoms with E-state index in [2.05, 4.69) is 36.5 Å². The van der Waals surface area contributed by atoms with Crippen LogP contribution in [-0.2, 0) is 0 Å². The Bertz CT molecular complexity index is 774. The number of anilines is 3. The molecule has 102 valence electrons. The van der Waals surface area contributed by atoms with E-state index < -0.39 is 0 Å². The highest BCUT2D eigenvalue weighted by atomic mass is 79.9. The Labute approximate surface area is 133 Å². The number of rotatable bonds is 3. The van der Waals surface area contributed by atoms with Crippen LogP contribution < -0.4 is 10.6 Å². The summed E-state index contributed by atoms with van der Waals surface area (Å²) in [6, 6.07) is 7.64. The van der Waals surface area contributed by atoms with Crippen molar-refractivity contribution >= 4 is 66.5 Å². The maximum atomic E-state index is 6.21. The Morgan fingerprint density at radius 2 is 2.10 bits per heavy atom. The smallest absolute Gasteiger partial charge is 0.225 e. The first-order valence-corrected chi connectivity index (χ1v) is 7.87. The SMILES string of the molecule is CNc1nc(Nc2cc(Br)ccc2Cl)c2ccsc2n1. The van der Waals surface area contributed by atoms with Gasteiger partial charge in [0.05, 0.1) is 16.1 Å². The Hall–Kier alpha value is -1.37. The van der Waals surface area contributed by atoms with Gasteiger partial charge in [0.15, 0.2) is 0 Å². The molecule has 1 aromatic carbocycles. The van der Waals surface area contributed by atoms with E-state index >= 15 is 0 Å². The zero-order valence-electron chi connectivity index (χ0n) is 10.4. The van der Waals surface area contributed by atoms with Gasteiger partial charge in [0.25, 0.3) is 0 Å². The van der Waals surface area contributed by atoms with Crippen molar-refractivity contribution < 1.29 is 0 Å². The molecule has 0 radical (unpaired) electrons. The third-order valence-corrected chi connectivity index (χ3v) is 4.36. The van der Waals surface area contributed by atoms with Crippen LogP contribution in [0.5, 0.6) is 0 Å². The molecule has 0 atom stereocenters. The van der Waals surface area contributed by atoms with E-state index in [4.69, 9.17) is 11.6 Å². The van der Waals surface area contributed by atoms with Gasteiger partial charge in [-0.1, -0.05) is 27.5 Å². The Morgan fingerprint density at radius 1 is 1.25 bits per heavy atom. The van der Waals surface area contributed by atoms with E-state index in [-0.39, 0.29) is 0 Å². The largest absolute Gasteiger partial charge is 0.357 e. The average Bonchev–Trinajstić information content (AvgIpc) is 2.91. The lowest BCUT2D eigenvalue weighted by atomic mass is 10.3. The third kappa shape index (κ3) is 2.59. The lowest BCUT2D eigenvalue weighted by molar-refractivity contribution is 1.20. The normalized spacial score (nSPS) is 10.8. The van der Waals surface area contributed by atoms with Gasteiger partial charge >= 0.3 is 0 Å². The summed E-state index contributed by atoms with van der Waals surface area (Å²) in [6.45, 7) is 0. The second-order valence-electron chi connectivity index (χ2n) is 4.03. The minimum absolute atomic E-state index is 0.577. The van der Waals surface area contributed by atoms with Crippen LogP contribution in [0.15, 0.2) is 34.1 Å². The van der Waals surface area contributed by atoms with Gasteiger partial charge in [0.1, 0.15) is 10.6 Å². The molecule has 3 aromatic rings. The first-order valence-electron chi connectivity index (χ1n) is 5.82. The minimum atomic E-state index is 0.577. The molecule has 0 bridgehead atoms. The fourth-order valence-corrected chi connectivity index (χ4v) is 3.07. The summed E-state index contributed by atoms with van der Waals surface area (Å²) in [5, 5.41) is 9.84. The van der Waals surface area contributed by atoms with Crippen LogP contribution in [0.3, 0.4) is 0 Å². The number of halogens is 2. The average molecular weight is 370 g/mol. The lowest BCUT2D eigenvalue weighted by Gasteiger charge is -2.10. The molecule has 0 saturated carbocycles. The van der Waals surface area contributed by atoms with Crippen LogP contribution in [0, 0.1) is 0 Å². The number of benzene rings is 1. The monoisotopic (exact) mass is 368 g/mol. The first kappa shape index (κ1) is 13.6. The highest BCUT2D eigenvalue weighted by Crippen LogP contribution is 2.32. The predicted molar refractivity (Wildman–Crippen MR) is 89.4 cm³/mol. The molecule has 0 aliphatic heterocycles. The Morgan fingerprint density at radius 3 is 2.90 bits per heavy atom. The topological polar surface area (TPSA) is 49.8 Å². The summed E-state index contributed by atoms with van der Waals surface area (Å²) in [7, 11) is 1.80. The summed E-state index contributed by atoms with van der Waals surface area (Å²) >= 11 is 11.2. The Kier molecular flexibility index (Phi) is 3.78. The second-order valence-corrected chi connectivity index (χ2v) is 6.25. The molecule has 0 aliphatic rings. The Balaban J connectivity index is 2.09. The predicted octanol–water partition coefficient (Wildman–Crippen LogP) is 4.89. The van der Waals surface area contributed by atoms with Gasteiger partial charge in [-0.05, 0) is 29.6 Å². The van der Waals surface area contributed by atoms with Crippen LogP contribution in [0.25, 0.3) is 10.2 Å². The van der Waals surface area contributed by atoms with Crippen LogP contribution in [0.4, 0.5) is 17.5 Å². The molecule has 2 aromatic heterocycles. The van der Waals surface area contributed by atoms with Crippen molar-refractivity contribution in [2.45, 2.75) is 0 Å². The van der Waals surface area contributed by atoms with Gasteiger partial charge in [0.2, 0.25) is 5.95 Å². The maximum absolute atomic E-state index is 6.21. The van der Waals surface area contributed by atoms with E-state index in [1.54, 1.807) is 18.4 Å². The number of thiophene rings is 1. The van der Waals surface area contributed by atoms with Crippen LogP contribution >= 0.6 is 38.9 Å². The zero-order valence-corrected chi connectivity index (χ0v) is 13.6. The fraction of sp³-hybridized carbons (Fsp3) is 0.0769. The van der Waals surface area contributed by atoms with E-state index in [0.29, 0.717) is 11.0 Å². The van der Waals surface area contributed by atoms with E-state index in [1.165, 1.54) is 0 Å². The first-order chi connectivity index (χ1) is 9.67. The maximum Gasteiger partial charge on any atom is 0.225 e. The highest BCUT2D eigenvalue weighted by molar-refractivity contribution is 9.10.